The summed E-state index contributed by atoms with van der Waals surface area (Å²) in [6.07, 6.45) is -1.02. The minimum atomic E-state index is -1.02. The van der Waals surface area contributed by atoms with Crippen LogP contribution in [0.1, 0.15) is 22.8 Å². The van der Waals surface area contributed by atoms with E-state index in [2.05, 4.69) is 5.32 Å². The van der Waals surface area contributed by atoms with Crippen molar-refractivity contribution in [1.82, 2.24) is 0 Å². The van der Waals surface area contributed by atoms with Crippen molar-refractivity contribution >= 4 is 29.2 Å². The number of anilines is 1. The second kappa shape index (κ2) is 7.24. The highest BCUT2D eigenvalue weighted by Gasteiger charge is 2.20. The van der Waals surface area contributed by atoms with E-state index in [9.17, 15) is 14.0 Å². The molecule has 0 saturated carbocycles. The predicted octanol–water partition coefficient (Wildman–Crippen LogP) is 3.97. The number of aryl methyl sites for hydroxylation is 1. The zero-order chi connectivity index (χ0) is 17.0. The Hall–Kier alpha value is -2.40. The lowest BCUT2D eigenvalue weighted by Gasteiger charge is -2.14. The van der Waals surface area contributed by atoms with E-state index in [1.54, 1.807) is 12.1 Å². The molecule has 0 aromatic heterocycles. The van der Waals surface area contributed by atoms with E-state index in [0.29, 0.717) is 5.69 Å². The van der Waals surface area contributed by atoms with Gasteiger partial charge in [-0.25, -0.2) is 9.18 Å². The Morgan fingerprint density at radius 3 is 2.43 bits per heavy atom. The van der Waals surface area contributed by atoms with Crippen LogP contribution in [0.25, 0.3) is 0 Å². The Balaban J connectivity index is 2.00. The summed E-state index contributed by atoms with van der Waals surface area (Å²) < 4.78 is 18.0. The molecule has 1 atom stereocenters. The summed E-state index contributed by atoms with van der Waals surface area (Å²) in [5.41, 5.74) is 1.67. The number of halogens is 2. The number of rotatable bonds is 4. The highest BCUT2D eigenvalue weighted by atomic mass is 35.5. The van der Waals surface area contributed by atoms with Gasteiger partial charge >= 0.3 is 5.97 Å². The molecule has 0 aliphatic carbocycles. The number of ether oxygens (including phenoxy) is 1. The summed E-state index contributed by atoms with van der Waals surface area (Å²) in [7, 11) is 0. The van der Waals surface area contributed by atoms with Gasteiger partial charge in [-0.3, -0.25) is 4.79 Å². The van der Waals surface area contributed by atoms with Crippen molar-refractivity contribution in [2.75, 3.05) is 5.32 Å². The monoisotopic (exact) mass is 335 g/mol. The molecule has 0 aliphatic rings. The van der Waals surface area contributed by atoms with Gasteiger partial charge in [0.2, 0.25) is 0 Å². The van der Waals surface area contributed by atoms with E-state index in [4.69, 9.17) is 16.3 Å². The van der Waals surface area contributed by atoms with Crippen LogP contribution in [-0.4, -0.2) is 18.0 Å². The van der Waals surface area contributed by atoms with Crippen LogP contribution < -0.4 is 5.32 Å². The van der Waals surface area contributed by atoms with Crippen molar-refractivity contribution in [3.63, 3.8) is 0 Å². The third kappa shape index (κ3) is 4.53. The summed E-state index contributed by atoms with van der Waals surface area (Å²) in [5.74, 6) is -1.82. The average Bonchev–Trinajstić information content (AvgIpc) is 2.49. The van der Waals surface area contributed by atoms with Crippen LogP contribution >= 0.6 is 11.6 Å². The highest BCUT2D eigenvalue weighted by Crippen LogP contribution is 2.19. The second-order valence-corrected chi connectivity index (χ2v) is 5.43. The first-order valence-electron chi connectivity index (χ1n) is 6.90. The van der Waals surface area contributed by atoms with E-state index < -0.39 is 23.8 Å². The molecule has 0 radical (unpaired) electrons. The van der Waals surface area contributed by atoms with Crippen molar-refractivity contribution < 1.29 is 18.7 Å². The number of hydrogen-bond acceptors (Lipinski definition) is 3. The molecule has 2 rings (SSSR count). The summed E-state index contributed by atoms with van der Waals surface area (Å²) >= 11 is 5.79. The maximum Gasteiger partial charge on any atom is 0.340 e. The molecule has 4 nitrogen and oxygen atoms in total. The zero-order valence-corrected chi connectivity index (χ0v) is 13.4. The van der Waals surface area contributed by atoms with Gasteiger partial charge in [-0.2, -0.15) is 0 Å². The molecule has 0 saturated heterocycles. The van der Waals surface area contributed by atoms with Gasteiger partial charge in [0.1, 0.15) is 5.82 Å². The number of amides is 1. The molecule has 0 aliphatic heterocycles. The van der Waals surface area contributed by atoms with Gasteiger partial charge in [0.25, 0.3) is 5.91 Å². The number of nitrogens with one attached hydrogen (secondary N) is 1. The Bertz CT molecular complexity index is 731. The number of benzene rings is 2. The first-order chi connectivity index (χ1) is 10.9. The number of carbonyl (C=O) groups is 2. The SMILES string of the molecule is Cc1ccc(NC(=O)[C@@H](C)OC(=O)c2ccc(F)cc2Cl)cc1. The van der Waals surface area contributed by atoms with Gasteiger partial charge < -0.3 is 10.1 Å². The smallest absolute Gasteiger partial charge is 0.340 e. The predicted molar refractivity (Wildman–Crippen MR) is 86.1 cm³/mol. The Morgan fingerprint density at radius 2 is 1.83 bits per heavy atom. The first kappa shape index (κ1) is 17.0. The van der Waals surface area contributed by atoms with Crippen LogP contribution in [-0.2, 0) is 9.53 Å². The van der Waals surface area contributed by atoms with E-state index in [-0.39, 0.29) is 10.6 Å². The molecule has 0 heterocycles. The van der Waals surface area contributed by atoms with Crippen LogP contribution in [0, 0.1) is 12.7 Å². The fourth-order valence-corrected chi connectivity index (χ4v) is 2.06. The molecule has 2 aromatic carbocycles. The second-order valence-electron chi connectivity index (χ2n) is 5.03. The van der Waals surface area contributed by atoms with Gasteiger partial charge in [-0.05, 0) is 44.2 Å². The third-order valence-corrected chi connectivity index (χ3v) is 3.44. The van der Waals surface area contributed by atoms with E-state index in [1.165, 1.54) is 13.0 Å². The number of esters is 1. The van der Waals surface area contributed by atoms with Crippen molar-refractivity contribution in [3.8, 4) is 0 Å². The Kier molecular flexibility index (Phi) is 5.34. The topological polar surface area (TPSA) is 55.4 Å². The molecule has 23 heavy (non-hydrogen) atoms. The lowest BCUT2D eigenvalue weighted by atomic mass is 10.2. The van der Waals surface area contributed by atoms with E-state index >= 15 is 0 Å². The van der Waals surface area contributed by atoms with E-state index in [0.717, 1.165) is 17.7 Å². The maximum absolute atomic E-state index is 13.0. The molecule has 6 heteroatoms. The highest BCUT2D eigenvalue weighted by molar-refractivity contribution is 6.33. The van der Waals surface area contributed by atoms with Crippen molar-refractivity contribution in [2.24, 2.45) is 0 Å². The normalized spacial score (nSPS) is 11.7. The molecule has 1 N–H and O–H groups in total. The van der Waals surface area contributed by atoms with Gasteiger partial charge in [-0.1, -0.05) is 29.3 Å². The van der Waals surface area contributed by atoms with Crippen molar-refractivity contribution in [3.05, 3.63) is 64.4 Å². The summed E-state index contributed by atoms with van der Waals surface area (Å²) in [6.45, 7) is 3.38. The summed E-state index contributed by atoms with van der Waals surface area (Å²) in [4.78, 5) is 24.0. The lowest BCUT2D eigenvalue weighted by molar-refractivity contribution is -0.123. The molecular weight excluding hydrogens is 321 g/mol. The fraction of sp³-hybridized carbons (Fsp3) is 0.176. The van der Waals surface area contributed by atoms with Gasteiger partial charge in [0, 0.05) is 5.69 Å². The minimum Gasteiger partial charge on any atom is -0.449 e. The van der Waals surface area contributed by atoms with Gasteiger partial charge in [0.05, 0.1) is 10.6 Å². The molecular formula is C17H15ClFNO3. The fourth-order valence-electron chi connectivity index (χ4n) is 1.81. The Labute approximate surface area is 138 Å². The molecule has 0 unspecified atom stereocenters. The van der Waals surface area contributed by atoms with Gasteiger partial charge in [-0.15, -0.1) is 0 Å². The zero-order valence-electron chi connectivity index (χ0n) is 12.6. The third-order valence-electron chi connectivity index (χ3n) is 3.12. The number of hydrogen-bond donors (Lipinski definition) is 1. The van der Waals surface area contributed by atoms with Crippen molar-refractivity contribution in [1.29, 1.82) is 0 Å². The van der Waals surface area contributed by atoms with Crippen LogP contribution in [0.5, 0.6) is 0 Å². The lowest BCUT2D eigenvalue weighted by Crippen LogP contribution is -2.30. The average molecular weight is 336 g/mol. The van der Waals surface area contributed by atoms with Crippen LogP contribution in [0.2, 0.25) is 5.02 Å². The Morgan fingerprint density at radius 1 is 1.17 bits per heavy atom. The molecule has 2 aromatic rings. The molecule has 0 fully saturated rings. The minimum absolute atomic E-state index is 0.00283. The summed E-state index contributed by atoms with van der Waals surface area (Å²) in [5, 5.41) is 2.57. The summed E-state index contributed by atoms with van der Waals surface area (Å²) in [6, 6.07) is 10.5. The van der Waals surface area contributed by atoms with Crippen LogP contribution in [0.15, 0.2) is 42.5 Å². The standard InChI is InChI=1S/C17H15ClFNO3/c1-10-3-6-13(7-4-10)20-16(21)11(2)23-17(22)14-8-5-12(19)9-15(14)18/h3-9,11H,1-2H3,(H,20,21)/t11-/m1/s1. The van der Waals surface area contributed by atoms with Crippen molar-refractivity contribution in [2.45, 2.75) is 20.0 Å². The van der Waals surface area contributed by atoms with E-state index in [1.807, 2.05) is 19.1 Å². The maximum atomic E-state index is 13.0. The largest absolute Gasteiger partial charge is 0.449 e. The first-order valence-corrected chi connectivity index (χ1v) is 7.28. The van der Waals surface area contributed by atoms with Crippen LogP contribution in [0.4, 0.5) is 10.1 Å². The molecule has 0 bridgehead atoms. The molecule has 1 amide bonds. The number of carbonyl (C=O) groups excluding carboxylic acids is 2. The van der Waals surface area contributed by atoms with Gasteiger partial charge in [0.15, 0.2) is 6.10 Å². The molecule has 0 spiro atoms. The van der Waals surface area contributed by atoms with Crippen LogP contribution in [0.3, 0.4) is 0 Å². The quantitative estimate of drug-likeness (QED) is 0.860. The molecule has 120 valence electrons.